The number of pyridine rings is 2. The third-order valence-corrected chi connectivity index (χ3v) is 6.34. The number of aromatic nitrogens is 4. The number of hydrogen-bond donors (Lipinski definition) is 3. The monoisotopic (exact) mass is 537 g/mol. The molecule has 11 heteroatoms. The highest BCUT2D eigenvalue weighted by Gasteiger charge is 2.28. The summed E-state index contributed by atoms with van der Waals surface area (Å²) in [7, 11) is 3.89. The van der Waals surface area contributed by atoms with Gasteiger partial charge in [-0.25, -0.2) is 15.0 Å². The van der Waals surface area contributed by atoms with Gasteiger partial charge in [-0.2, -0.15) is 0 Å². The van der Waals surface area contributed by atoms with Gasteiger partial charge >= 0.3 is 0 Å². The van der Waals surface area contributed by atoms with Crippen LogP contribution in [0.1, 0.15) is 6.92 Å². The Morgan fingerprint density at radius 2 is 1.90 bits per heavy atom. The SMILES string of the molecule is CC(=O)N1CC(Nc2ccc(Nc3ncc4ccnc(-c5cccc(NC(=O)/C=C/CN(C)C)c5)c4n3)cn2)C1. The highest BCUT2D eigenvalue weighted by Crippen LogP contribution is 2.28. The maximum atomic E-state index is 12.3. The molecule has 0 aliphatic carbocycles. The first-order valence-electron chi connectivity index (χ1n) is 12.9. The summed E-state index contributed by atoms with van der Waals surface area (Å²) < 4.78 is 0. The molecule has 3 N–H and O–H groups in total. The van der Waals surface area contributed by atoms with E-state index < -0.39 is 0 Å². The average Bonchev–Trinajstić information content (AvgIpc) is 2.90. The standard InChI is InChI=1S/C29H31N9O2/c1-19(39)38-17-24(18-38)33-25-10-9-23(16-31-25)35-29-32-15-21-11-12-30-27(28(21)36-29)20-6-4-7-22(14-20)34-26(40)8-5-13-37(2)3/h4-12,14-16,24H,13,17-18H2,1-3H3,(H,31,33)(H,34,40)(H,32,35,36)/b8-5+. The third kappa shape index (κ3) is 6.56. The predicted octanol–water partition coefficient (Wildman–Crippen LogP) is 3.53. The predicted molar refractivity (Wildman–Crippen MR) is 156 cm³/mol. The minimum atomic E-state index is -0.195. The summed E-state index contributed by atoms with van der Waals surface area (Å²) in [5, 5.41) is 10.3. The molecule has 3 aromatic heterocycles. The van der Waals surface area contributed by atoms with E-state index in [1.165, 1.54) is 6.08 Å². The van der Waals surface area contributed by atoms with Crippen LogP contribution in [-0.4, -0.2) is 81.3 Å². The maximum Gasteiger partial charge on any atom is 0.248 e. The van der Waals surface area contributed by atoms with Crippen LogP contribution in [0.4, 0.5) is 23.1 Å². The number of rotatable bonds is 9. The summed E-state index contributed by atoms with van der Waals surface area (Å²) >= 11 is 0. The largest absolute Gasteiger partial charge is 0.364 e. The highest BCUT2D eigenvalue weighted by atomic mass is 16.2. The fourth-order valence-electron chi connectivity index (χ4n) is 4.24. The van der Waals surface area contributed by atoms with E-state index in [-0.39, 0.29) is 17.9 Å². The van der Waals surface area contributed by atoms with Gasteiger partial charge in [0.25, 0.3) is 0 Å². The van der Waals surface area contributed by atoms with Crippen LogP contribution in [0.25, 0.3) is 22.2 Å². The Bertz CT molecular complexity index is 1550. The van der Waals surface area contributed by atoms with Gasteiger partial charge in [0.2, 0.25) is 17.8 Å². The van der Waals surface area contributed by atoms with Gasteiger partial charge in [-0.05, 0) is 44.4 Å². The molecule has 11 nitrogen and oxygen atoms in total. The molecule has 1 fully saturated rings. The van der Waals surface area contributed by atoms with Gasteiger partial charge in [-0.3, -0.25) is 14.6 Å². The van der Waals surface area contributed by atoms with Crippen molar-refractivity contribution in [2.75, 3.05) is 49.7 Å². The molecule has 0 unspecified atom stereocenters. The fourth-order valence-corrected chi connectivity index (χ4v) is 4.24. The summed E-state index contributed by atoms with van der Waals surface area (Å²) in [4.78, 5) is 45.7. The lowest BCUT2D eigenvalue weighted by molar-refractivity contribution is -0.132. The second-order valence-electron chi connectivity index (χ2n) is 9.85. The molecule has 204 valence electrons. The first-order valence-corrected chi connectivity index (χ1v) is 12.9. The lowest BCUT2D eigenvalue weighted by Gasteiger charge is -2.39. The molecule has 4 aromatic rings. The zero-order chi connectivity index (χ0) is 28.1. The van der Waals surface area contributed by atoms with E-state index in [0.29, 0.717) is 42.5 Å². The number of nitrogens with one attached hydrogen (secondary N) is 3. The number of carbonyl (C=O) groups excluding carboxylic acids is 2. The van der Waals surface area contributed by atoms with Gasteiger partial charge in [0.15, 0.2) is 0 Å². The summed E-state index contributed by atoms with van der Waals surface area (Å²) in [5.74, 6) is 1.04. The van der Waals surface area contributed by atoms with Gasteiger partial charge in [-0.15, -0.1) is 0 Å². The van der Waals surface area contributed by atoms with Gasteiger partial charge in [0.1, 0.15) is 11.3 Å². The van der Waals surface area contributed by atoms with Crippen molar-refractivity contribution in [3.63, 3.8) is 0 Å². The van der Waals surface area contributed by atoms with Crippen LogP contribution in [0.3, 0.4) is 0 Å². The molecule has 0 atom stereocenters. The van der Waals surface area contributed by atoms with Crippen LogP contribution in [0.2, 0.25) is 0 Å². The average molecular weight is 538 g/mol. The zero-order valence-electron chi connectivity index (χ0n) is 22.6. The van der Waals surface area contributed by atoms with Crippen LogP contribution in [0.5, 0.6) is 0 Å². The molecule has 4 heterocycles. The Kier molecular flexibility index (Phi) is 7.92. The van der Waals surface area contributed by atoms with Crippen molar-refractivity contribution in [1.82, 2.24) is 29.7 Å². The van der Waals surface area contributed by atoms with Gasteiger partial charge in [0.05, 0.1) is 23.6 Å². The minimum Gasteiger partial charge on any atom is -0.364 e. The summed E-state index contributed by atoms with van der Waals surface area (Å²) in [6.45, 7) is 3.62. The summed E-state index contributed by atoms with van der Waals surface area (Å²) in [6.07, 6.45) is 8.52. The van der Waals surface area contributed by atoms with E-state index in [4.69, 9.17) is 4.98 Å². The molecule has 5 rings (SSSR count). The number of nitrogens with zero attached hydrogens (tertiary/aromatic N) is 6. The van der Waals surface area contributed by atoms with E-state index in [1.54, 1.807) is 30.4 Å². The van der Waals surface area contributed by atoms with Crippen molar-refractivity contribution in [3.8, 4) is 11.3 Å². The molecule has 0 saturated carbocycles. The van der Waals surface area contributed by atoms with E-state index >= 15 is 0 Å². The molecule has 1 aliphatic heterocycles. The molecular weight excluding hydrogens is 506 g/mol. The Balaban J connectivity index is 1.29. The third-order valence-electron chi connectivity index (χ3n) is 6.34. The zero-order valence-corrected chi connectivity index (χ0v) is 22.6. The molecule has 2 amide bonds. The summed E-state index contributed by atoms with van der Waals surface area (Å²) in [5.41, 5.74) is 3.59. The van der Waals surface area contributed by atoms with Gasteiger partial charge < -0.3 is 25.8 Å². The minimum absolute atomic E-state index is 0.0855. The lowest BCUT2D eigenvalue weighted by Crippen LogP contribution is -2.56. The van der Waals surface area contributed by atoms with Crippen molar-refractivity contribution in [1.29, 1.82) is 0 Å². The normalized spacial score (nSPS) is 13.4. The fraction of sp³-hybridized carbons (Fsp3) is 0.241. The lowest BCUT2D eigenvalue weighted by atomic mass is 10.1. The highest BCUT2D eigenvalue weighted by molar-refractivity contribution is 6.00. The number of amides is 2. The van der Waals surface area contributed by atoms with Crippen molar-refractivity contribution in [2.45, 2.75) is 13.0 Å². The van der Waals surface area contributed by atoms with Crippen LogP contribution in [0, 0.1) is 0 Å². The Labute approximate surface area is 232 Å². The molecule has 1 aromatic carbocycles. The molecule has 0 bridgehead atoms. The van der Waals surface area contributed by atoms with Gasteiger partial charge in [-0.1, -0.05) is 18.2 Å². The van der Waals surface area contributed by atoms with E-state index in [2.05, 4.69) is 30.9 Å². The van der Waals surface area contributed by atoms with Crippen LogP contribution in [-0.2, 0) is 9.59 Å². The molecule has 0 radical (unpaired) electrons. The van der Waals surface area contributed by atoms with E-state index in [9.17, 15) is 9.59 Å². The first kappa shape index (κ1) is 26.7. The number of anilines is 4. The van der Waals surface area contributed by atoms with Crippen molar-refractivity contribution >= 4 is 45.9 Å². The molecule has 1 aliphatic rings. The number of fused-ring (bicyclic) bond motifs is 1. The van der Waals surface area contributed by atoms with Crippen molar-refractivity contribution in [2.24, 2.45) is 0 Å². The smallest absolute Gasteiger partial charge is 0.248 e. The van der Waals surface area contributed by atoms with E-state index in [0.717, 1.165) is 22.5 Å². The Morgan fingerprint density at radius 1 is 1.05 bits per heavy atom. The van der Waals surface area contributed by atoms with Crippen molar-refractivity contribution in [3.05, 3.63) is 73.2 Å². The van der Waals surface area contributed by atoms with Crippen LogP contribution >= 0.6 is 0 Å². The number of carbonyl (C=O) groups is 2. The Morgan fingerprint density at radius 3 is 2.65 bits per heavy atom. The molecular formula is C29H31N9O2. The molecule has 1 saturated heterocycles. The second kappa shape index (κ2) is 11.9. The van der Waals surface area contributed by atoms with Crippen LogP contribution < -0.4 is 16.0 Å². The number of hydrogen-bond acceptors (Lipinski definition) is 9. The van der Waals surface area contributed by atoms with E-state index in [1.807, 2.05) is 67.5 Å². The molecule has 40 heavy (non-hydrogen) atoms. The van der Waals surface area contributed by atoms with Crippen molar-refractivity contribution < 1.29 is 9.59 Å². The second-order valence-corrected chi connectivity index (χ2v) is 9.85. The Hall–Kier alpha value is -4.90. The topological polar surface area (TPSA) is 128 Å². The summed E-state index contributed by atoms with van der Waals surface area (Å²) in [6, 6.07) is 13.4. The number of benzene rings is 1. The quantitative estimate of drug-likeness (QED) is 0.275. The van der Waals surface area contributed by atoms with Crippen LogP contribution in [0.15, 0.2) is 73.2 Å². The molecule has 0 spiro atoms. The van der Waals surface area contributed by atoms with Gasteiger partial charge in [0, 0.05) is 61.7 Å². The maximum absolute atomic E-state index is 12.3. The first-order chi connectivity index (χ1) is 19.3. The number of likely N-dealkylation sites (tertiary alicyclic amines) is 1. The number of likely N-dealkylation sites (N-methyl/N-ethyl adjacent to an activating group) is 1.